The number of rotatable bonds is 6. The first kappa shape index (κ1) is 15.5. The zero-order valence-electron chi connectivity index (χ0n) is 10.9. The predicted octanol–water partition coefficient (Wildman–Crippen LogP) is 1.94. The first-order valence-corrected chi connectivity index (χ1v) is 6.80. The van der Waals surface area contributed by atoms with Gasteiger partial charge in [-0.2, -0.15) is 0 Å². The number of carbonyl (C=O) groups excluding carboxylic acids is 2. The maximum absolute atomic E-state index is 13.3. The summed E-state index contributed by atoms with van der Waals surface area (Å²) in [5.41, 5.74) is 0. The minimum absolute atomic E-state index is 0.0802. The van der Waals surface area contributed by atoms with Gasteiger partial charge in [-0.05, 0) is 19.1 Å². The fourth-order valence-corrected chi connectivity index (χ4v) is 2.18. The summed E-state index contributed by atoms with van der Waals surface area (Å²) < 4.78 is 18.1. The van der Waals surface area contributed by atoms with E-state index in [4.69, 9.17) is 4.74 Å². The second kappa shape index (κ2) is 7.78. The maximum atomic E-state index is 13.3. The molecule has 0 unspecified atom stereocenters. The van der Waals surface area contributed by atoms with Gasteiger partial charge in [0, 0.05) is 11.9 Å². The smallest absolute Gasteiger partial charge is 0.325 e. The second-order valence-corrected chi connectivity index (χ2v) is 4.79. The molecular formula is C13H16FNO3S. The third-order valence-corrected chi connectivity index (χ3v) is 3.32. The molecule has 4 nitrogen and oxygen atoms in total. The van der Waals surface area contributed by atoms with Gasteiger partial charge in [0.2, 0.25) is 5.91 Å². The average Bonchev–Trinajstić information content (AvgIpc) is 2.37. The zero-order chi connectivity index (χ0) is 14.3. The molecule has 0 fully saturated rings. The number of nitrogens with zero attached hydrogens (tertiary/aromatic N) is 1. The Morgan fingerprint density at radius 2 is 2.05 bits per heavy atom. The van der Waals surface area contributed by atoms with Gasteiger partial charge in [-0.15, -0.1) is 11.8 Å². The first-order valence-electron chi connectivity index (χ1n) is 5.81. The van der Waals surface area contributed by atoms with E-state index in [1.165, 1.54) is 18.0 Å². The summed E-state index contributed by atoms with van der Waals surface area (Å²) in [6, 6.07) is 6.25. The number of carbonyl (C=O) groups is 2. The van der Waals surface area contributed by atoms with Crippen molar-refractivity contribution in [2.75, 3.05) is 26.0 Å². The number of thioether (sulfide) groups is 1. The van der Waals surface area contributed by atoms with E-state index >= 15 is 0 Å². The van der Waals surface area contributed by atoms with Gasteiger partial charge in [0.05, 0.1) is 12.4 Å². The third-order valence-electron chi connectivity index (χ3n) is 2.29. The van der Waals surface area contributed by atoms with Crippen LogP contribution in [0.15, 0.2) is 29.2 Å². The Kier molecular flexibility index (Phi) is 6.35. The molecule has 0 aliphatic rings. The molecular weight excluding hydrogens is 269 g/mol. The number of benzene rings is 1. The van der Waals surface area contributed by atoms with E-state index in [1.807, 2.05) is 0 Å². The van der Waals surface area contributed by atoms with Crippen molar-refractivity contribution in [3.63, 3.8) is 0 Å². The van der Waals surface area contributed by atoms with Crippen LogP contribution < -0.4 is 0 Å². The van der Waals surface area contributed by atoms with Crippen molar-refractivity contribution in [3.8, 4) is 0 Å². The molecule has 0 atom stereocenters. The van der Waals surface area contributed by atoms with Crippen molar-refractivity contribution in [1.29, 1.82) is 0 Å². The highest BCUT2D eigenvalue weighted by atomic mass is 32.2. The van der Waals surface area contributed by atoms with Crippen molar-refractivity contribution in [2.24, 2.45) is 0 Å². The number of ether oxygens (including phenoxy) is 1. The van der Waals surface area contributed by atoms with Gasteiger partial charge in [-0.1, -0.05) is 12.1 Å². The van der Waals surface area contributed by atoms with Gasteiger partial charge in [0.25, 0.3) is 0 Å². The molecule has 0 N–H and O–H groups in total. The number of halogens is 1. The zero-order valence-corrected chi connectivity index (χ0v) is 11.7. The largest absolute Gasteiger partial charge is 0.465 e. The summed E-state index contributed by atoms with van der Waals surface area (Å²) in [6.45, 7) is 1.89. The minimum Gasteiger partial charge on any atom is -0.465 e. The van der Waals surface area contributed by atoms with Crippen molar-refractivity contribution in [1.82, 2.24) is 4.90 Å². The van der Waals surface area contributed by atoms with Gasteiger partial charge in [0.1, 0.15) is 12.4 Å². The number of amides is 1. The molecule has 1 aromatic rings. The number of likely N-dealkylation sites (N-methyl/N-ethyl adjacent to an activating group) is 1. The van der Waals surface area contributed by atoms with Crippen LogP contribution in [0.5, 0.6) is 0 Å². The molecule has 1 amide bonds. The normalized spacial score (nSPS) is 10.1. The average molecular weight is 285 g/mol. The molecule has 1 aromatic carbocycles. The van der Waals surface area contributed by atoms with E-state index in [0.29, 0.717) is 4.90 Å². The SMILES string of the molecule is CCOC(=O)CN(C)C(=O)CSc1ccccc1F. The predicted molar refractivity (Wildman–Crippen MR) is 71.4 cm³/mol. The molecule has 0 radical (unpaired) electrons. The number of esters is 1. The van der Waals surface area contributed by atoms with E-state index in [9.17, 15) is 14.0 Å². The van der Waals surface area contributed by atoms with Crippen LogP contribution in [-0.2, 0) is 14.3 Å². The molecule has 0 saturated heterocycles. The molecule has 6 heteroatoms. The lowest BCUT2D eigenvalue weighted by molar-refractivity contribution is -0.147. The Labute approximate surface area is 115 Å². The van der Waals surface area contributed by atoms with Crippen molar-refractivity contribution in [2.45, 2.75) is 11.8 Å². The molecule has 1 rings (SSSR count). The van der Waals surface area contributed by atoms with Crippen molar-refractivity contribution in [3.05, 3.63) is 30.1 Å². The molecule has 0 aromatic heterocycles. The van der Waals surface area contributed by atoms with Gasteiger partial charge >= 0.3 is 5.97 Å². The fourth-order valence-electron chi connectivity index (χ4n) is 1.30. The summed E-state index contributed by atoms with van der Waals surface area (Å²) in [7, 11) is 1.52. The first-order chi connectivity index (χ1) is 9.04. The summed E-state index contributed by atoms with van der Waals surface area (Å²) in [6.07, 6.45) is 0. The van der Waals surface area contributed by atoms with Gasteiger partial charge < -0.3 is 9.64 Å². The lowest BCUT2D eigenvalue weighted by Gasteiger charge is -2.15. The van der Waals surface area contributed by atoms with Crippen LogP contribution in [0.25, 0.3) is 0 Å². The van der Waals surface area contributed by atoms with Crippen molar-refractivity contribution >= 4 is 23.6 Å². The molecule has 0 saturated carbocycles. The molecule has 0 spiro atoms. The van der Waals surface area contributed by atoms with Crippen LogP contribution in [0.4, 0.5) is 4.39 Å². The standard InChI is InChI=1S/C13H16FNO3S/c1-3-18-13(17)8-15(2)12(16)9-19-11-7-5-4-6-10(11)14/h4-7H,3,8-9H2,1-2H3. The van der Waals surface area contributed by atoms with Crippen LogP contribution in [-0.4, -0.2) is 42.7 Å². The summed E-state index contributed by atoms with van der Waals surface area (Å²) >= 11 is 1.11. The Balaban J connectivity index is 2.43. The highest BCUT2D eigenvalue weighted by molar-refractivity contribution is 8.00. The van der Waals surface area contributed by atoms with Gasteiger partial charge in [-0.25, -0.2) is 4.39 Å². The van der Waals surface area contributed by atoms with E-state index in [1.54, 1.807) is 25.1 Å². The van der Waals surface area contributed by atoms with Gasteiger partial charge in [-0.3, -0.25) is 9.59 Å². The molecule has 104 valence electrons. The summed E-state index contributed by atoms with van der Waals surface area (Å²) in [5.74, 6) is -0.972. The Morgan fingerprint density at radius 3 is 2.68 bits per heavy atom. The molecule has 0 aliphatic carbocycles. The Bertz CT molecular complexity index is 453. The highest BCUT2D eigenvalue weighted by Gasteiger charge is 2.14. The third kappa shape index (κ3) is 5.30. The highest BCUT2D eigenvalue weighted by Crippen LogP contribution is 2.21. The molecule has 0 aliphatic heterocycles. The Morgan fingerprint density at radius 1 is 1.37 bits per heavy atom. The molecule has 19 heavy (non-hydrogen) atoms. The van der Waals surface area contributed by atoms with Crippen LogP contribution >= 0.6 is 11.8 Å². The quantitative estimate of drug-likeness (QED) is 0.592. The van der Waals surface area contributed by atoms with Crippen LogP contribution in [0.2, 0.25) is 0 Å². The number of hydrogen-bond donors (Lipinski definition) is 0. The molecule has 0 bridgehead atoms. The Hall–Kier alpha value is -1.56. The van der Waals surface area contributed by atoms with Crippen LogP contribution in [0.1, 0.15) is 6.92 Å². The maximum Gasteiger partial charge on any atom is 0.325 e. The second-order valence-electron chi connectivity index (χ2n) is 3.77. The van der Waals surface area contributed by atoms with Gasteiger partial charge in [0.15, 0.2) is 0 Å². The summed E-state index contributed by atoms with van der Waals surface area (Å²) in [5, 5.41) is 0. The monoisotopic (exact) mass is 285 g/mol. The fraction of sp³-hybridized carbons (Fsp3) is 0.385. The lowest BCUT2D eigenvalue weighted by atomic mass is 10.3. The van der Waals surface area contributed by atoms with E-state index in [0.717, 1.165) is 11.8 Å². The van der Waals surface area contributed by atoms with Crippen LogP contribution in [0, 0.1) is 5.82 Å². The summed E-state index contributed by atoms with van der Waals surface area (Å²) in [4.78, 5) is 24.6. The van der Waals surface area contributed by atoms with Crippen LogP contribution in [0.3, 0.4) is 0 Å². The van der Waals surface area contributed by atoms with E-state index < -0.39 is 5.97 Å². The lowest BCUT2D eigenvalue weighted by Crippen LogP contribution is -2.34. The topological polar surface area (TPSA) is 46.6 Å². The number of hydrogen-bond acceptors (Lipinski definition) is 4. The van der Waals surface area contributed by atoms with Crippen molar-refractivity contribution < 1.29 is 18.7 Å². The van der Waals surface area contributed by atoms with E-state index in [-0.39, 0.29) is 30.6 Å². The van der Waals surface area contributed by atoms with E-state index in [2.05, 4.69) is 0 Å². The molecule has 0 heterocycles. The minimum atomic E-state index is -0.450.